The Hall–Kier alpha value is -4.54. The molecule has 0 unspecified atom stereocenters. The third kappa shape index (κ3) is 5.40. The standard InChI is InChI=1S/C22H19F4N7O3/c1-10-17(19(34)21(36)30-15(7-22(24,25)26)16-9-28-32-31-16)11(2)33(3)18(10)20(35)29-13-4-5-14(23)12(6-13)8-27/h4-6,9,15H,7H2,1-3H3,(H,29,35)(H,30,36)(H,28,31,32)/t15-/m0/s1. The molecule has 0 fully saturated rings. The van der Waals surface area contributed by atoms with E-state index in [0.29, 0.717) is 0 Å². The second-order valence-electron chi connectivity index (χ2n) is 7.82. The lowest BCUT2D eigenvalue weighted by atomic mass is 10.0. The van der Waals surface area contributed by atoms with Gasteiger partial charge in [0.05, 0.1) is 29.8 Å². The van der Waals surface area contributed by atoms with Gasteiger partial charge in [-0.2, -0.15) is 33.8 Å². The fraction of sp³-hybridized carbons (Fsp3) is 0.273. The van der Waals surface area contributed by atoms with Crippen LogP contribution in [0.15, 0.2) is 24.4 Å². The number of nitriles is 1. The van der Waals surface area contributed by atoms with Crippen molar-refractivity contribution in [3.8, 4) is 6.07 Å². The number of hydrogen-bond donors (Lipinski definition) is 3. The predicted octanol–water partition coefficient (Wildman–Crippen LogP) is 3.02. The summed E-state index contributed by atoms with van der Waals surface area (Å²) in [5.41, 5.74) is -0.263. The van der Waals surface area contributed by atoms with Crippen LogP contribution in [-0.4, -0.2) is 43.8 Å². The highest BCUT2D eigenvalue weighted by molar-refractivity contribution is 6.43. The number of benzene rings is 1. The van der Waals surface area contributed by atoms with E-state index in [4.69, 9.17) is 5.26 Å². The first-order valence-electron chi connectivity index (χ1n) is 10.3. The number of carbonyl (C=O) groups excluding carboxylic acids is 3. The quantitative estimate of drug-likeness (QED) is 0.256. The number of nitrogens with zero attached hydrogens (tertiary/aromatic N) is 4. The first kappa shape index (κ1) is 26.1. The second kappa shape index (κ2) is 9.98. The molecule has 3 aromatic rings. The molecule has 1 aromatic carbocycles. The zero-order valence-corrected chi connectivity index (χ0v) is 19.1. The van der Waals surface area contributed by atoms with Gasteiger partial charge in [-0.15, -0.1) is 0 Å². The summed E-state index contributed by atoms with van der Waals surface area (Å²) in [6.45, 7) is 2.86. The molecule has 2 amide bonds. The maximum Gasteiger partial charge on any atom is 0.391 e. The Morgan fingerprint density at radius 3 is 2.53 bits per heavy atom. The maximum atomic E-state index is 13.6. The minimum atomic E-state index is -4.67. The molecule has 2 aromatic heterocycles. The average molecular weight is 505 g/mol. The van der Waals surface area contributed by atoms with Gasteiger partial charge in [0.25, 0.3) is 17.6 Å². The first-order valence-corrected chi connectivity index (χ1v) is 10.3. The largest absolute Gasteiger partial charge is 0.391 e. The van der Waals surface area contributed by atoms with Gasteiger partial charge >= 0.3 is 6.18 Å². The number of halogens is 4. The summed E-state index contributed by atoms with van der Waals surface area (Å²) in [5.74, 6) is -3.96. The topological polar surface area (TPSA) is 146 Å². The summed E-state index contributed by atoms with van der Waals surface area (Å²) in [6, 6.07) is 3.35. The normalized spacial score (nSPS) is 12.1. The van der Waals surface area contributed by atoms with E-state index in [2.05, 4.69) is 20.7 Å². The van der Waals surface area contributed by atoms with E-state index in [1.165, 1.54) is 31.5 Å². The first-order chi connectivity index (χ1) is 16.8. The molecule has 0 spiro atoms. The Balaban J connectivity index is 1.88. The van der Waals surface area contributed by atoms with Crippen LogP contribution in [0.2, 0.25) is 0 Å². The molecule has 0 aliphatic carbocycles. The summed E-state index contributed by atoms with van der Waals surface area (Å²) < 4.78 is 53.9. The smallest absolute Gasteiger partial charge is 0.343 e. The molecule has 0 aliphatic heterocycles. The lowest BCUT2D eigenvalue weighted by molar-refractivity contribution is -0.142. The fourth-order valence-corrected chi connectivity index (χ4v) is 3.69. The van der Waals surface area contributed by atoms with Gasteiger partial charge in [0.2, 0.25) is 0 Å². The maximum absolute atomic E-state index is 13.6. The highest BCUT2D eigenvalue weighted by atomic mass is 19.4. The van der Waals surface area contributed by atoms with Crippen molar-refractivity contribution < 1.29 is 31.9 Å². The summed E-state index contributed by atoms with van der Waals surface area (Å²) in [5, 5.41) is 22.6. The summed E-state index contributed by atoms with van der Waals surface area (Å²) in [7, 11) is 1.46. The Bertz CT molecular complexity index is 1370. The number of rotatable bonds is 7. The zero-order chi connectivity index (χ0) is 26.8. The van der Waals surface area contributed by atoms with E-state index in [-0.39, 0.29) is 39.5 Å². The minimum absolute atomic E-state index is 0.0187. The molecule has 0 saturated heterocycles. The zero-order valence-electron chi connectivity index (χ0n) is 19.1. The van der Waals surface area contributed by atoms with Crippen LogP contribution in [0.1, 0.15) is 55.8 Å². The number of amides is 2. The van der Waals surface area contributed by atoms with Crippen LogP contribution >= 0.6 is 0 Å². The molecule has 0 bridgehead atoms. The van der Waals surface area contributed by atoms with Gasteiger partial charge in [0.1, 0.15) is 23.3 Å². The van der Waals surface area contributed by atoms with E-state index >= 15 is 0 Å². The number of hydrogen-bond acceptors (Lipinski definition) is 6. The van der Waals surface area contributed by atoms with Crippen molar-refractivity contribution in [1.82, 2.24) is 25.3 Å². The lowest BCUT2D eigenvalue weighted by Gasteiger charge is -2.17. The Morgan fingerprint density at radius 1 is 1.25 bits per heavy atom. The monoisotopic (exact) mass is 505 g/mol. The van der Waals surface area contributed by atoms with E-state index in [9.17, 15) is 31.9 Å². The highest BCUT2D eigenvalue weighted by Gasteiger charge is 2.36. The molecular weight excluding hydrogens is 486 g/mol. The Morgan fingerprint density at radius 2 is 1.94 bits per heavy atom. The van der Waals surface area contributed by atoms with Gasteiger partial charge in [0, 0.05) is 18.4 Å². The van der Waals surface area contributed by atoms with E-state index in [1.54, 1.807) is 6.07 Å². The number of Topliss-reactive ketones (excluding diaryl/α,β-unsaturated/α-hetero) is 1. The molecular formula is C22H19F4N7O3. The van der Waals surface area contributed by atoms with Crippen LogP contribution < -0.4 is 10.6 Å². The Labute approximate surface area is 201 Å². The third-order valence-corrected chi connectivity index (χ3v) is 5.46. The van der Waals surface area contributed by atoms with E-state index in [0.717, 1.165) is 18.3 Å². The number of H-pyrrole nitrogens is 1. The molecule has 188 valence electrons. The van der Waals surface area contributed by atoms with Gasteiger partial charge in [0.15, 0.2) is 0 Å². The van der Waals surface area contributed by atoms with Crippen LogP contribution in [0.4, 0.5) is 23.2 Å². The average Bonchev–Trinajstić information content (AvgIpc) is 3.40. The van der Waals surface area contributed by atoms with Crippen LogP contribution in [0.5, 0.6) is 0 Å². The SMILES string of the molecule is Cc1c(C(=O)C(=O)N[C@@H](CC(F)(F)F)c2cn[nH]n2)c(C)n(C)c1C(=O)Nc1ccc(F)c(C#N)c1. The number of nitrogens with one attached hydrogen (secondary N) is 3. The van der Waals surface area contributed by atoms with Crippen molar-refractivity contribution in [2.75, 3.05) is 5.32 Å². The summed E-state index contributed by atoms with van der Waals surface area (Å²) in [4.78, 5) is 38.5. The molecule has 10 nitrogen and oxygen atoms in total. The number of alkyl halides is 3. The van der Waals surface area contributed by atoms with Crippen LogP contribution in [0.25, 0.3) is 0 Å². The van der Waals surface area contributed by atoms with E-state index < -0.39 is 42.1 Å². The van der Waals surface area contributed by atoms with Crippen molar-refractivity contribution in [1.29, 1.82) is 5.26 Å². The van der Waals surface area contributed by atoms with Crippen LogP contribution in [-0.2, 0) is 11.8 Å². The third-order valence-electron chi connectivity index (χ3n) is 5.46. The molecule has 3 N–H and O–H groups in total. The number of anilines is 1. The number of aromatic nitrogens is 4. The van der Waals surface area contributed by atoms with Crippen molar-refractivity contribution in [3.05, 3.63) is 64.0 Å². The van der Waals surface area contributed by atoms with Gasteiger partial charge < -0.3 is 15.2 Å². The number of carbonyl (C=O) groups is 3. The molecule has 14 heteroatoms. The number of ketones is 1. The summed E-state index contributed by atoms with van der Waals surface area (Å²) >= 11 is 0. The van der Waals surface area contributed by atoms with Crippen LogP contribution in [0, 0.1) is 31.0 Å². The molecule has 2 heterocycles. The Kier molecular flexibility index (Phi) is 7.23. The minimum Gasteiger partial charge on any atom is -0.343 e. The van der Waals surface area contributed by atoms with Gasteiger partial charge in [-0.05, 0) is 37.6 Å². The fourth-order valence-electron chi connectivity index (χ4n) is 3.69. The van der Waals surface area contributed by atoms with Gasteiger partial charge in [-0.25, -0.2) is 4.39 Å². The lowest BCUT2D eigenvalue weighted by Crippen LogP contribution is -2.37. The predicted molar refractivity (Wildman–Crippen MR) is 116 cm³/mol. The van der Waals surface area contributed by atoms with Gasteiger partial charge in [-0.1, -0.05) is 0 Å². The summed E-state index contributed by atoms with van der Waals surface area (Å²) in [6.07, 6.45) is -5.16. The van der Waals surface area contributed by atoms with Crippen LogP contribution in [0.3, 0.4) is 0 Å². The highest BCUT2D eigenvalue weighted by Crippen LogP contribution is 2.29. The van der Waals surface area contributed by atoms with Crippen molar-refractivity contribution in [2.24, 2.45) is 7.05 Å². The molecule has 3 rings (SSSR count). The van der Waals surface area contributed by atoms with Crippen molar-refractivity contribution in [3.63, 3.8) is 0 Å². The van der Waals surface area contributed by atoms with E-state index in [1.807, 2.05) is 5.32 Å². The van der Waals surface area contributed by atoms with Crippen molar-refractivity contribution in [2.45, 2.75) is 32.5 Å². The van der Waals surface area contributed by atoms with Crippen molar-refractivity contribution >= 4 is 23.3 Å². The van der Waals surface area contributed by atoms with Gasteiger partial charge in [-0.3, -0.25) is 14.4 Å². The molecule has 0 radical (unpaired) electrons. The molecule has 0 aliphatic rings. The molecule has 1 atom stereocenters. The molecule has 0 saturated carbocycles. The molecule has 36 heavy (non-hydrogen) atoms. The second-order valence-corrected chi connectivity index (χ2v) is 7.82. The number of aromatic amines is 1.